The zero-order valence-electron chi connectivity index (χ0n) is 20.9. The number of nitrogens with one attached hydrogen (secondary N) is 3. The normalized spacial score (nSPS) is 14.5. The van der Waals surface area contributed by atoms with Crippen LogP contribution in [0.1, 0.15) is 58.8 Å². The fourth-order valence-electron chi connectivity index (χ4n) is 3.21. The topological polar surface area (TPSA) is 220 Å². The van der Waals surface area contributed by atoms with Gasteiger partial charge in [0.15, 0.2) is 0 Å². The maximum Gasteiger partial charge on any atom is 0.326 e. The molecule has 0 radical (unpaired) electrons. The molecule has 0 saturated heterocycles. The highest BCUT2D eigenvalue weighted by molar-refractivity contribution is 7.98. The Bertz CT molecular complexity index is 708. The molecule has 0 aromatic heterocycles. The molecule has 202 valence electrons. The fraction of sp³-hybridized carbons (Fsp3) is 0.773. The number of nitrogens with two attached hydrogens (primary N) is 3. The molecule has 0 aliphatic carbocycles. The van der Waals surface area contributed by atoms with Crippen LogP contribution in [0.3, 0.4) is 0 Å². The molecule has 0 saturated carbocycles. The minimum Gasteiger partial charge on any atom is -0.480 e. The van der Waals surface area contributed by atoms with E-state index in [9.17, 15) is 29.1 Å². The van der Waals surface area contributed by atoms with Gasteiger partial charge in [-0.2, -0.15) is 11.8 Å². The first-order valence-corrected chi connectivity index (χ1v) is 13.2. The van der Waals surface area contributed by atoms with Gasteiger partial charge in [0.25, 0.3) is 0 Å². The molecule has 13 heteroatoms. The Kier molecular flexibility index (Phi) is 16.7. The van der Waals surface area contributed by atoms with Gasteiger partial charge in [0.1, 0.15) is 18.1 Å². The number of carbonyl (C=O) groups excluding carboxylic acids is 4. The number of amides is 4. The molecule has 0 fully saturated rings. The predicted octanol–water partition coefficient (Wildman–Crippen LogP) is -0.954. The van der Waals surface area contributed by atoms with Gasteiger partial charge in [-0.1, -0.05) is 13.8 Å². The summed E-state index contributed by atoms with van der Waals surface area (Å²) in [5.41, 5.74) is 16.7. The monoisotopic (exact) mass is 518 g/mol. The van der Waals surface area contributed by atoms with Crippen LogP contribution in [0.4, 0.5) is 0 Å². The van der Waals surface area contributed by atoms with Crippen LogP contribution in [0, 0.1) is 5.92 Å². The zero-order chi connectivity index (χ0) is 27.0. The van der Waals surface area contributed by atoms with Gasteiger partial charge in [0.2, 0.25) is 23.6 Å². The quantitative estimate of drug-likeness (QED) is 0.105. The SMILES string of the molecule is CSCCC(N)C(=O)NC(CCCCN)C(=O)NC(CCC(N)=O)C(=O)NC(CC(C)C)C(=O)O. The summed E-state index contributed by atoms with van der Waals surface area (Å²) in [6.45, 7) is 4.03. The highest BCUT2D eigenvalue weighted by Crippen LogP contribution is 2.08. The fourth-order valence-corrected chi connectivity index (χ4v) is 3.70. The Morgan fingerprint density at radius 2 is 1.40 bits per heavy atom. The maximum absolute atomic E-state index is 13.1. The molecule has 0 aromatic carbocycles. The van der Waals surface area contributed by atoms with Gasteiger partial charge in [0.05, 0.1) is 6.04 Å². The highest BCUT2D eigenvalue weighted by Gasteiger charge is 2.30. The average molecular weight is 519 g/mol. The molecule has 0 heterocycles. The van der Waals surface area contributed by atoms with Gasteiger partial charge < -0.3 is 38.3 Å². The first-order valence-electron chi connectivity index (χ1n) is 11.8. The molecule has 0 rings (SSSR count). The minimum absolute atomic E-state index is 0.00693. The van der Waals surface area contributed by atoms with Crippen molar-refractivity contribution in [2.75, 3.05) is 18.6 Å². The van der Waals surface area contributed by atoms with Gasteiger partial charge in [0, 0.05) is 6.42 Å². The van der Waals surface area contributed by atoms with Crippen LogP contribution in [-0.2, 0) is 24.0 Å². The van der Waals surface area contributed by atoms with E-state index < -0.39 is 53.8 Å². The van der Waals surface area contributed by atoms with Crippen molar-refractivity contribution in [3.8, 4) is 0 Å². The lowest BCUT2D eigenvalue weighted by Crippen LogP contribution is -2.57. The number of carboxylic acid groups (broad SMARTS) is 1. The number of carbonyl (C=O) groups is 5. The first-order chi connectivity index (χ1) is 16.4. The van der Waals surface area contributed by atoms with E-state index in [0.29, 0.717) is 31.6 Å². The molecule has 0 spiro atoms. The lowest BCUT2D eigenvalue weighted by atomic mass is 10.0. The van der Waals surface area contributed by atoms with Crippen molar-refractivity contribution in [3.05, 3.63) is 0 Å². The number of thioether (sulfide) groups is 1. The molecule has 0 aliphatic rings. The van der Waals surface area contributed by atoms with Crippen LogP contribution in [-0.4, -0.2) is 77.4 Å². The van der Waals surface area contributed by atoms with E-state index in [-0.39, 0.29) is 31.6 Å². The van der Waals surface area contributed by atoms with Crippen molar-refractivity contribution < 1.29 is 29.1 Å². The van der Waals surface area contributed by atoms with Gasteiger partial charge >= 0.3 is 5.97 Å². The third-order valence-corrected chi connectivity index (χ3v) is 5.83. The summed E-state index contributed by atoms with van der Waals surface area (Å²) in [5, 5.41) is 17.0. The van der Waals surface area contributed by atoms with Crippen LogP contribution in [0.2, 0.25) is 0 Å². The highest BCUT2D eigenvalue weighted by atomic mass is 32.2. The third kappa shape index (κ3) is 14.6. The molecular formula is C22H42N6O6S. The number of rotatable bonds is 19. The number of carboxylic acids is 1. The molecule has 4 atom stereocenters. The molecule has 12 nitrogen and oxygen atoms in total. The number of aliphatic carboxylic acids is 1. The molecule has 0 bridgehead atoms. The van der Waals surface area contributed by atoms with Crippen LogP contribution in [0.15, 0.2) is 0 Å². The summed E-state index contributed by atoms with van der Waals surface area (Å²) in [7, 11) is 0. The van der Waals surface area contributed by atoms with E-state index in [0.717, 1.165) is 0 Å². The number of hydrogen-bond donors (Lipinski definition) is 7. The van der Waals surface area contributed by atoms with E-state index in [4.69, 9.17) is 17.2 Å². The molecule has 10 N–H and O–H groups in total. The number of primary amides is 1. The Morgan fingerprint density at radius 3 is 1.89 bits per heavy atom. The summed E-state index contributed by atoms with van der Waals surface area (Å²) in [5.74, 6) is -3.11. The second kappa shape index (κ2) is 18.0. The van der Waals surface area contributed by atoms with Crippen molar-refractivity contribution in [2.45, 2.75) is 83.0 Å². The average Bonchev–Trinajstić information content (AvgIpc) is 2.78. The Hall–Kier alpha value is -2.38. The van der Waals surface area contributed by atoms with Crippen LogP contribution < -0.4 is 33.2 Å². The lowest BCUT2D eigenvalue weighted by molar-refractivity contribution is -0.143. The van der Waals surface area contributed by atoms with Crippen LogP contribution in [0.5, 0.6) is 0 Å². The largest absolute Gasteiger partial charge is 0.480 e. The van der Waals surface area contributed by atoms with Crippen molar-refractivity contribution in [1.29, 1.82) is 0 Å². The Morgan fingerprint density at radius 1 is 0.857 bits per heavy atom. The molecule has 0 aromatic rings. The van der Waals surface area contributed by atoms with Gasteiger partial charge in [-0.05, 0) is 63.0 Å². The van der Waals surface area contributed by atoms with Gasteiger partial charge in [-0.25, -0.2) is 4.79 Å². The molecule has 4 unspecified atom stereocenters. The molecule has 35 heavy (non-hydrogen) atoms. The summed E-state index contributed by atoms with van der Waals surface area (Å²) < 4.78 is 0. The summed E-state index contributed by atoms with van der Waals surface area (Å²) in [4.78, 5) is 61.3. The lowest BCUT2D eigenvalue weighted by Gasteiger charge is -2.25. The molecule has 0 aliphatic heterocycles. The second-order valence-electron chi connectivity index (χ2n) is 8.83. The van der Waals surface area contributed by atoms with E-state index in [2.05, 4.69) is 16.0 Å². The van der Waals surface area contributed by atoms with E-state index in [1.807, 2.05) is 20.1 Å². The molecular weight excluding hydrogens is 476 g/mol. The summed E-state index contributed by atoms with van der Waals surface area (Å²) >= 11 is 1.54. The third-order valence-electron chi connectivity index (χ3n) is 5.18. The number of hydrogen-bond acceptors (Lipinski definition) is 8. The Labute approximate surface area is 211 Å². The standard InChI is InChI=1S/C22H42N6O6S/c1-13(2)12-17(22(33)34)28-21(32)16(7-8-18(25)29)27-20(31)15(6-4-5-10-23)26-19(30)14(24)9-11-35-3/h13-17H,4-12,23-24H2,1-3H3,(H2,25,29)(H,26,30)(H,27,31)(H,28,32)(H,33,34). The Balaban J connectivity index is 5.54. The summed E-state index contributed by atoms with van der Waals surface area (Å²) in [6.07, 6.45) is 3.60. The molecule has 4 amide bonds. The smallest absolute Gasteiger partial charge is 0.326 e. The van der Waals surface area contributed by atoms with Gasteiger partial charge in [-0.3, -0.25) is 19.2 Å². The van der Waals surface area contributed by atoms with E-state index >= 15 is 0 Å². The number of unbranched alkanes of at least 4 members (excludes halogenated alkanes) is 1. The first kappa shape index (κ1) is 32.6. The van der Waals surface area contributed by atoms with Crippen LogP contribution >= 0.6 is 11.8 Å². The van der Waals surface area contributed by atoms with Crippen molar-refractivity contribution in [2.24, 2.45) is 23.1 Å². The van der Waals surface area contributed by atoms with Crippen LogP contribution in [0.25, 0.3) is 0 Å². The summed E-state index contributed by atoms with van der Waals surface area (Å²) in [6, 6.07) is -4.16. The van der Waals surface area contributed by atoms with Crippen molar-refractivity contribution in [1.82, 2.24) is 16.0 Å². The zero-order valence-corrected chi connectivity index (χ0v) is 21.7. The minimum atomic E-state index is -1.22. The maximum atomic E-state index is 13.1. The predicted molar refractivity (Wildman–Crippen MR) is 135 cm³/mol. The van der Waals surface area contributed by atoms with Crippen molar-refractivity contribution in [3.63, 3.8) is 0 Å². The second-order valence-corrected chi connectivity index (χ2v) is 9.81. The van der Waals surface area contributed by atoms with Gasteiger partial charge in [-0.15, -0.1) is 0 Å². The van der Waals surface area contributed by atoms with E-state index in [1.54, 1.807) is 11.8 Å². The van der Waals surface area contributed by atoms with Crippen molar-refractivity contribution >= 4 is 41.4 Å². The van der Waals surface area contributed by atoms with E-state index in [1.165, 1.54) is 0 Å².